The number of nitrogens with zero attached hydrogens (tertiary/aromatic N) is 1. The number of fused-ring (bicyclic) bond motifs is 9. The van der Waals surface area contributed by atoms with E-state index >= 15 is 4.39 Å². The van der Waals surface area contributed by atoms with Gasteiger partial charge in [0.1, 0.15) is 5.56 Å². The molecule has 6 rings (SSSR count). The van der Waals surface area contributed by atoms with Crippen LogP contribution in [0.2, 0.25) is 0 Å². The fourth-order valence-electron chi connectivity index (χ4n) is 6.10. The van der Waals surface area contributed by atoms with Crippen LogP contribution < -0.4 is 15.9 Å². The number of aromatic nitrogens is 1. The second kappa shape index (κ2) is 7.13. The van der Waals surface area contributed by atoms with Gasteiger partial charge in [-0.15, -0.1) is 0 Å². The third kappa shape index (κ3) is 2.64. The largest absolute Gasteiger partial charge is 0.477 e. The van der Waals surface area contributed by atoms with E-state index in [1.807, 2.05) is 26.0 Å². The summed E-state index contributed by atoms with van der Waals surface area (Å²) in [5.74, 6) is -2.29. The Kier molecular flexibility index (Phi) is 4.37. The Morgan fingerprint density at radius 3 is 2.50 bits per heavy atom. The fraction of sp³-hybridized carbons (Fsp3) is 0.241. The van der Waals surface area contributed by atoms with Crippen molar-refractivity contribution in [1.82, 2.24) is 4.57 Å². The van der Waals surface area contributed by atoms with Gasteiger partial charge in [0.05, 0.1) is 5.69 Å². The van der Waals surface area contributed by atoms with Crippen LogP contribution in [-0.2, 0) is 0 Å². The predicted octanol–water partition coefficient (Wildman–Crippen LogP) is 4.51. The van der Waals surface area contributed by atoms with Gasteiger partial charge in [0, 0.05) is 18.2 Å². The van der Waals surface area contributed by atoms with E-state index in [-0.39, 0.29) is 23.6 Å². The van der Waals surface area contributed by atoms with Crippen molar-refractivity contribution in [3.05, 3.63) is 92.0 Å². The number of pyridine rings is 1. The zero-order valence-corrected chi connectivity index (χ0v) is 19.2. The molecule has 4 nitrogen and oxygen atoms in total. The van der Waals surface area contributed by atoms with E-state index in [0.29, 0.717) is 0 Å². The Labute approximate surface area is 195 Å². The lowest BCUT2D eigenvalue weighted by Crippen LogP contribution is -2.35. The number of benzene rings is 3. The van der Waals surface area contributed by atoms with Crippen molar-refractivity contribution in [3.8, 4) is 0 Å². The van der Waals surface area contributed by atoms with Gasteiger partial charge < -0.3 is 9.67 Å². The van der Waals surface area contributed by atoms with Gasteiger partial charge in [0.2, 0.25) is 5.43 Å². The van der Waals surface area contributed by atoms with E-state index in [0.717, 1.165) is 49.5 Å². The molecule has 1 aliphatic carbocycles. The first kappa shape index (κ1) is 20.8. The van der Waals surface area contributed by atoms with Crippen molar-refractivity contribution in [2.75, 3.05) is 0 Å². The van der Waals surface area contributed by atoms with E-state index in [2.05, 4.69) is 43.3 Å². The lowest BCUT2D eigenvalue weighted by Gasteiger charge is -2.36. The van der Waals surface area contributed by atoms with Crippen LogP contribution in [0.15, 0.2) is 53.5 Å². The molecule has 0 radical (unpaired) electrons. The molecule has 0 bridgehead atoms. The maximum atomic E-state index is 15.8. The fourth-order valence-corrected chi connectivity index (χ4v) is 6.10. The minimum Gasteiger partial charge on any atom is -0.477 e. The van der Waals surface area contributed by atoms with Gasteiger partial charge in [0.25, 0.3) is 0 Å². The lowest BCUT2D eigenvalue weighted by atomic mass is 9.82. The number of rotatable bonds is 2. The topological polar surface area (TPSA) is 59.3 Å². The van der Waals surface area contributed by atoms with Crippen LogP contribution >= 0.6 is 0 Å². The number of halogens is 1. The minimum absolute atomic E-state index is 0.0550. The maximum absolute atomic E-state index is 15.8. The molecule has 1 N–H and O–H groups in total. The highest BCUT2D eigenvalue weighted by atomic mass is 19.1. The Morgan fingerprint density at radius 1 is 1.09 bits per heavy atom. The first-order valence-electron chi connectivity index (χ1n) is 11.6. The summed E-state index contributed by atoms with van der Waals surface area (Å²) < 4.78 is 17.6. The average Bonchev–Trinajstić information content (AvgIpc) is 3.19. The number of hydrogen-bond donors (Lipinski definition) is 1. The normalized spacial score (nSPS) is 18.7. The standard InChI is InChI=1S/C29H24FNO3/c1-14(2)22-12-16-11-20-23-15(3)7-6-10-18(23)17-8-4-5-9-19(17)25(20)24(16)27-26(30)28(32)21(29(33)34)13-31(22)27/h4-11,13-14,16,22H,12H2,1-3H3,(H,33,34). The van der Waals surface area contributed by atoms with Gasteiger partial charge in [-0.1, -0.05) is 62.4 Å². The first-order valence-corrected chi connectivity index (χ1v) is 11.6. The molecule has 1 aliphatic heterocycles. The van der Waals surface area contributed by atoms with Crippen molar-refractivity contribution >= 4 is 39.2 Å². The van der Waals surface area contributed by atoms with Crippen LogP contribution in [0.4, 0.5) is 4.39 Å². The summed E-state index contributed by atoms with van der Waals surface area (Å²) in [6.07, 6.45) is 4.31. The number of carboxylic acid groups (broad SMARTS) is 1. The Bertz CT molecular complexity index is 1750. The molecule has 1 aromatic heterocycles. The van der Waals surface area contributed by atoms with Crippen molar-refractivity contribution in [1.29, 1.82) is 0 Å². The molecule has 4 aromatic rings. The molecular weight excluding hydrogens is 429 g/mol. The number of aromatic carboxylic acids is 1. The van der Waals surface area contributed by atoms with Crippen LogP contribution in [0.3, 0.4) is 0 Å². The van der Waals surface area contributed by atoms with Crippen LogP contribution in [-0.4, -0.2) is 15.6 Å². The molecule has 0 saturated carbocycles. The third-order valence-corrected chi connectivity index (χ3v) is 7.59. The molecule has 0 spiro atoms. The number of carbonyl (C=O) groups is 1. The molecular formula is C29H24FNO3. The molecule has 0 fully saturated rings. The van der Waals surface area contributed by atoms with Gasteiger partial charge >= 0.3 is 5.97 Å². The monoisotopic (exact) mass is 453 g/mol. The smallest absolute Gasteiger partial charge is 0.341 e. The molecule has 2 heterocycles. The summed E-state index contributed by atoms with van der Waals surface area (Å²) >= 11 is 0. The SMILES string of the molecule is Cc1cccc2c1c1c(c3ccccc32)=C2c3c(F)c(=O)c(C(=O)O)cn3C(C(C)C)CC2C=1. The van der Waals surface area contributed by atoms with Gasteiger partial charge in [0.15, 0.2) is 5.82 Å². The molecule has 3 aromatic carbocycles. The number of aryl methyl sites for hydroxylation is 1. The Morgan fingerprint density at radius 2 is 1.79 bits per heavy atom. The zero-order valence-electron chi connectivity index (χ0n) is 19.2. The van der Waals surface area contributed by atoms with Crippen molar-refractivity contribution in [3.63, 3.8) is 0 Å². The highest BCUT2D eigenvalue weighted by molar-refractivity contribution is 6.10. The third-order valence-electron chi connectivity index (χ3n) is 7.59. The van der Waals surface area contributed by atoms with Crippen LogP contribution in [0.5, 0.6) is 0 Å². The van der Waals surface area contributed by atoms with E-state index in [1.54, 1.807) is 4.57 Å². The highest BCUT2D eigenvalue weighted by Gasteiger charge is 2.38. The molecule has 34 heavy (non-hydrogen) atoms. The molecule has 0 saturated heterocycles. The first-order chi connectivity index (χ1) is 16.3. The lowest BCUT2D eigenvalue weighted by molar-refractivity contribution is 0.0693. The average molecular weight is 454 g/mol. The van der Waals surface area contributed by atoms with Gasteiger partial charge in [-0.05, 0) is 62.4 Å². The van der Waals surface area contributed by atoms with Crippen molar-refractivity contribution < 1.29 is 14.3 Å². The molecule has 2 aliphatic rings. The minimum atomic E-state index is -1.40. The Hall–Kier alpha value is -3.73. The molecule has 170 valence electrons. The summed E-state index contributed by atoms with van der Waals surface area (Å²) in [4.78, 5) is 24.5. The predicted molar refractivity (Wildman–Crippen MR) is 132 cm³/mol. The molecule has 2 atom stereocenters. The van der Waals surface area contributed by atoms with E-state index in [9.17, 15) is 14.7 Å². The van der Waals surface area contributed by atoms with Gasteiger partial charge in [-0.2, -0.15) is 0 Å². The Balaban J connectivity index is 1.89. The van der Waals surface area contributed by atoms with Gasteiger partial charge in [-0.3, -0.25) is 4.79 Å². The van der Waals surface area contributed by atoms with Gasteiger partial charge in [-0.25, -0.2) is 9.18 Å². The van der Waals surface area contributed by atoms with E-state index < -0.39 is 22.8 Å². The van der Waals surface area contributed by atoms with Crippen LogP contribution in [0.25, 0.3) is 33.2 Å². The number of carboxylic acids is 1. The summed E-state index contributed by atoms with van der Waals surface area (Å²) in [6.45, 7) is 6.19. The summed E-state index contributed by atoms with van der Waals surface area (Å²) in [5.41, 5.74) is 0.601. The van der Waals surface area contributed by atoms with Crippen molar-refractivity contribution in [2.45, 2.75) is 33.2 Å². The summed E-state index contributed by atoms with van der Waals surface area (Å²) in [7, 11) is 0. The second-order valence-corrected chi connectivity index (χ2v) is 9.81. The van der Waals surface area contributed by atoms with E-state index in [1.165, 1.54) is 6.20 Å². The summed E-state index contributed by atoms with van der Waals surface area (Å²) in [6, 6.07) is 14.3. The maximum Gasteiger partial charge on any atom is 0.341 e. The quantitative estimate of drug-likeness (QED) is 0.455. The van der Waals surface area contributed by atoms with Crippen molar-refractivity contribution in [2.24, 2.45) is 11.8 Å². The zero-order chi connectivity index (χ0) is 23.9. The number of hydrogen-bond acceptors (Lipinski definition) is 2. The highest BCUT2D eigenvalue weighted by Crippen LogP contribution is 2.42. The van der Waals surface area contributed by atoms with Crippen LogP contribution in [0.1, 0.15) is 47.9 Å². The van der Waals surface area contributed by atoms with E-state index in [4.69, 9.17) is 0 Å². The molecule has 5 heteroatoms. The second-order valence-electron chi connectivity index (χ2n) is 9.81. The van der Waals surface area contributed by atoms with Crippen LogP contribution in [0, 0.1) is 24.6 Å². The molecule has 0 amide bonds. The molecule has 2 unspecified atom stereocenters. The summed E-state index contributed by atoms with van der Waals surface area (Å²) in [5, 5.41) is 16.0.